The first-order chi connectivity index (χ1) is 10.7. The molecule has 2 aliphatic rings. The van der Waals surface area contributed by atoms with Gasteiger partial charge in [0.2, 0.25) is 5.91 Å². The Kier molecular flexibility index (Phi) is 4.98. The number of nitrogens with zero attached hydrogens (tertiary/aromatic N) is 1. The molecular formula is C16H21ClN2O3. The summed E-state index contributed by atoms with van der Waals surface area (Å²) >= 11 is 5.88. The monoisotopic (exact) mass is 324 g/mol. The van der Waals surface area contributed by atoms with E-state index in [9.17, 15) is 4.79 Å². The van der Waals surface area contributed by atoms with E-state index >= 15 is 0 Å². The Bertz CT molecular complexity index is 513. The molecule has 2 heterocycles. The largest absolute Gasteiger partial charge is 0.377 e. The lowest BCUT2D eigenvalue weighted by atomic mass is 10.0. The van der Waals surface area contributed by atoms with Crippen LogP contribution < -0.4 is 5.32 Å². The average Bonchev–Trinajstić information content (AvgIpc) is 2.75. The minimum atomic E-state index is -0.412. The zero-order chi connectivity index (χ0) is 15.4. The van der Waals surface area contributed by atoms with Crippen LogP contribution in [0, 0.1) is 0 Å². The zero-order valence-electron chi connectivity index (χ0n) is 12.5. The Labute approximate surface area is 135 Å². The third-order valence-corrected chi connectivity index (χ3v) is 4.36. The Hall–Kier alpha value is -1.14. The second-order valence-corrected chi connectivity index (χ2v) is 6.32. The Morgan fingerprint density at radius 1 is 1.32 bits per heavy atom. The summed E-state index contributed by atoms with van der Waals surface area (Å²) in [4.78, 5) is 14.4. The van der Waals surface area contributed by atoms with Gasteiger partial charge in [0, 0.05) is 24.7 Å². The SMILES string of the molecule is O=C(Cc1ccc(Cl)cc1)N1CCO[C@]2(CNCCOC2)C1. The summed E-state index contributed by atoms with van der Waals surface area (Å²) in [5, 5.41) is 4.00. The molecule has 6 heteroatoms. The standard InChI is InChI=1S/C16H21ClN2O3/c17-14-3-1-13(2-4-14)9-15(20)19-6-8-22-16(11-19)10-18-5-7-21-12-16/h1-4,18H,5-12H2/t16-/m1/s1. The molecule has 22 heavy (non-hydrogen) atoms. The molecule has 0 radical (unpaired) electrons. The van der Waals surface area contributed by atoms with Crippen LogP contribution in [0.25, 0.3) is 0 Å². The van der Waals surface area contributed by atoms with Gasteiger partial charge < -0.3 is 19.7 Å². The molecule has 0 aromatic heterocycles. The lowest BCUT2D eigenvalue weighted by molar-refractivity contribution is -0.157. The number of ether oxygens (including phenoxy) is 2. The number of hydrogen-bond acceptors (Lipinski definition) is 4. The van der Waals surface area contributed by atoms with Crippen molar-refractivity contribution in [1.29, 1.82) is 0 Å². The number of rotatable bonds is 2. The van der Waals surface area contributed by atoms with E-state index in [-0.39, 0.29) is 5.91 Å². The summed E-state index contributed by atoms with van der Waals surface area (Å²) in [6, 6.07) is 7.42. The van der Waals surface area contributed by atoms with Gasteiger partial charge in [0.05, 0.1) is 32.8 Å². The molecule has 3 rings (SSSR count). The van der Waals surface area contributed by atoms with E-state index in [2.05, 4.69) is 5.32 Å². The summed E-state index contributed by atoms with van der Waals surface area (Å²) < 4.78 is 11.5. The van der Waals surface area contributed by atoms with E-state index in [1.54, 1.807) is 0 Å². The van der Waals surface area contributed by atoms with Crippen molar-refractivity contribution < 1.29 is 14.3 Å². The molecule has 0 saturated carbocycles. The van der Waals surface area contributed by atoms with Gasteiger partial charge >= 0.3 is 0 Å². The average molecular weight is 325 g/mol. The molecule has 0 bridgehead atoms. The van der Waals surface area contributed by atoms with E-state index in [1.807, 2.05) is 29.2 Å². The molecule has 2 aliphatic heterocycles. The van der Waals surface area contributed by atoms with Gasteiger partial charge in [0.25, 0.3) is 0 Å². The van der Waals surface area contributed by atoms with Crippen LogP contribution in [0.3, 0.4) is 0 Å². The van der Waals surface area contributed by atoms with Crippen molar-refractivity contribution in [2.24, 2.45) is 0 Å². The van der Waals surface area contributed by atoms with Crippen molar-refractivity contribution in [2.45, 2.75) is 12.0 Å². The van der Waals surface area contributed by atoms with Gasteiger partial charge in [-0.3, -0.25) is 4.79 Å². The molecule has 2 saturated heterocycles. The Morgan fingerprint density at radius 2 is 2.14 bits per heavy atom. The maximum absolute atomic E-state index is 12.5. The van der Waals surface area contributed by atoms with Gasteiger partial charge in [-0.05, 0) is 17.7 Å². The lowest BCUT2D eigenvalue weighted by Gasteiger charge is -2.41. The van der Waals surface area contributed by atoms with Gasteiger partial charge in [0.15, 0.2) is 0 Å². The topological polar surface area (TPSA) is 50.8 Å². The van der Waals surface area contributed by atoms with Crippen LogP contribution in [0.5, 0.6) is 0 Å². The van der Waals surface area contributed by atoms with Crippen molar-refractivity contribution in [3.8, 4) is 0 Å². The molecule has 120 valence electrons. The molecule has 2 fully saturated rings. The second-order valence-electron chi connectivity index (χ2n) is 5.88. The number of hydrogen-bond donors (Lipinski definition) is 1. The third kappa shape index (κ3) is 3.79. The molecule has 5 nitrogen and oxygen atoms in total. The summed E-state index contributed by atoms with van der Waals surface area (Å²) in [5.41, 5.74) is 0.565. The number of halogens is 1. The molecule has 1 spiro atoms. The Balaban J connectivity index is 1.63. The highest BCUT2D eigenvalue weighted by Gasteiger charge is 2.39. The zero-order valence-corrected chi connectivity index (χ0v) is 13.3. The van der Waals surface area contributed by atoms with Crippen LogP contribution in [0.4, 0.5) is 0 Å². The van der Waals surface area contributed by atoms with Crippen molar-refractivity contribution >= 4 is 17.5 Å². The maximum Gasteiger partial charge on any atom is 0.227 e. The lowest BCUT2D eigenvalue weighted by Crippen LogP contribution is -2.59. The summed E-state index contributed by atoms with van der Waals surface area (Å²) in [6.07, 6.45) is 0.390. The Morgan fingerprint density at radius 3 is 2.95 bits per heavy atom. The van der Waals surface area contributed by atoms with Crippen LogP contribution in [0.15, 0.2) is 24.3 Å². The van der Waals surface area contributed by atoms with Gasteiger partial charge in [0.1, 0.15) is 5.60 Å². The molecule has 0 aliphatic carbocycles. The second kappa shape index (κ2) is 6.96. The number of morpholine rings is 1. The first-order valence-corrected chi connectivity index (χ1v) is 7.99. The highest BCUT2D eigenvalue weighted by atomic mass is 35.5. The van der Waals surface area contributed by atoms with E-state index < -0.39 is 5.60 Å². The van der Waals surface area contributed by atoms with Crippen molar-refractivity contribution in [2.75, 3.05) is 46.0 Å². The number of carbonyl (C=O) groups is 1. The van der Waals surface area contributed by atoms with Crippen LogP contribution in [-0.2, 0) is 20.7 Å². The summed E-state index contributed by atoms with van der Waals surface area (Å²) in [7, 11) is 0. The third-order valence-electron chi connectivity index (χ3n) is 4.11. The van der Waals surface area contributed by atoms with Gasteiger partial charge in [-0.2, -0.15) is 0 Å². The van der Waals surface area contributed by atoms with Crippen LogP contribution in [0.1, 0.15) is 5.56 Å². The van der Waals surface area contributed by atoms with Crippen LogP contribution >= 0.6 is 11.6 Å². The fourth-order valence-electron chi connectivity index (χ4n) is 2.91. The highest BCUT2D eigenvalue weighted by molar-refractivity contribution is 6.30. The summed E-state index contributed by atoms with van der Waals surface area (Å²) in [6.45, 7) is 4.52. The fraction of sp³-hybridized carbons (Fsp3) is 0.562. The van der Waals surface area contributed by atoms with Gasteiger partial charge in [-0.15, -0.1) is 0 Å². The van der Waals surface area contributed by atoms with E-state index in [0.29, 0.717) is 44.4 Å². The smallest absolute Gasteiger partial charge is 0.227 e. The number of benzene rings is 1. The predicted octanol–water partition coefficient (Wildman–Crippen LogP) is 1.10. The number of amides is 1. The van der Waals surface area contributed by atoms with Gasteiger partial charge in [-0.25, -0.2) is 0 Å². The predicted molar refractivity (Wildman–Crippen MR) is 84.1 cm³/mol. The fourth-order valence-corrected chi connectivity index (χ4v) is 3.04. The van der Waals surface area contributed by atoms with Gasteiger partial charge in [-0.1, -0.05) is 23.7 Å². The van der Waals surface area contributed by atoms with Crippen molar-refractivity contribution in [1.82, 2.24) is 10.2 Å². The number of nitrogens with one attached hydrogen (secondary N) is 1. The quantitative estimate of drug-likeness (QED) is 0.885. The molecule has 1 atom stereocenters. The van der Waals surface area contributed by atoms with Crippen molar-refractivity contribution in [3.05, 3.63) is 34.9 Å². The normalized spacial score (nSPS) is 26.0. The molecule has 1 amide bonds. The number of carbonyl (C=O) groups excluding carboxylic acids is 1. The minimum absolute atomic E-state index is 0.120. The van der Waals surface area contributed by atoms with Crippen molar-refractivity contribution in [3.63, 3.8) is 0 Å². The van der Waals surface area contributed by atoms with E-state index in [1.165, 1.54) is 0 Å². The minimum Gasteiger partial charge on any atom is -0.377 e. The first-order valence-electron chi connectivity index (χ1n) is 7.62. The molecular weight excluding hydrogens is 304 g/mol. The maximum atomic E-state index is 12.5. The highest BCUT2D eigenvalue weighted by Crippen LogP contribution is 2.20. The molecule has 1 N–H and O–H groups in total. The first kappa shape index (κ1) is 15.7. The molecule has 1 aromatic carbocycles. The summed E-state index contributed by atoms with van der Waals surface area (Å²) in [5.74, 6) is 0.120. The molecule has 1 aromatic rings. The molecule has 0 unspecified atom stereocenters. The van der Waals surface area contributed by atoms with E-state index in [0.717, 1.165) is 18.7 Å². The van der Waals surface area contributed by atoms with Crippen LogP contribution in [0.2, 0.25) is 5.02 Å². The van der Waals surface area contributed by atoms with E-state index in [4.69, 9.17) is 21.1 Å². The van der Waals surface area contributed by atoms with Crippen LogP contribution in [-0.4, -0.2) is 62.4 Å².